The van der Waals surface area contributed by atoms with Crippen LogP contribution < -0.4 is 5.32 Å². The first-order valence-electron chi connectivity index (χ1n) is 5.51. The van der Waals surface area contributed by atoms with E-state index >= 15 is 0 Å². The number of hydrogen-bond donors (Lipinski definition) is 1. The number of carbonyl (C=O) groups is 2. The molecule has 0 aliphatic rings. The maximum atomic E-state index is 11.1. The molecule has 6 heteroatoms. The van der Waals surface area contributed by atoms with Gasteiger partial charge in [-0.2, -0.15) is 0 Å². The predicted octanol–water partition coefficient (Wildman–Crippen LogP) is 1.38. The smallest absolute Gasteiger partial charge is 0.407 e. The molecule has 0 saturated carbocycles. The van der Waals surface area contributed by atoms with Gasteiger partial charge in [0.25, 0.3) is 0 Å². The number of allylic oxidation sites excluding steroid dienone is 1. The molecule has 18 heavy (non-hydrogen) atoms. The third-order valence-corrected chi connectivity index (χ3v) is 1.54. The fourth-order valence-corrected chi connectivity index (χ4v) is 0.824. The van der Waals surface area contributed by atoms with Gasteiger partial charge in [0.05, 0.1) is 12.8 Å². The molecule has 0 aromatic heterocycles. The Balaban J connectivity index is 3.40. The summed E-state index contributed by atoms with van der Waals surface area (Å²) in [5.41, 5.74) is 1.04. The first-order chi connectivity index (χ1) is 8.56. The van der Waals surface area contributed by atoms with Gasteiger partial charge in [-0.3, -0.25) is 0 Å². The van der Waals surface area contributed by atoms with E-state index in [0.29, 0.717) is 13.2 Å². The zero-order valence-corrected chi connectivity index (χ0v) is 10.7. The molecule has 0 saturated heterocycles. The van der Waals surface area contributed by atoms with E-state index in [0.717, 1.165) is 11.6 Å². The number of nitrogens with one attached hydrogen (secondary N) is 1. The Labute approximate surface area is 107 Å². The summed E-state index contributed by atoms with van der Waals surface area (Å²) in [6, 6.07) is 0. The van der Waals surface area contributed by atoms with Crippen LogP contribution in [-0.2, 0) is 19.0 Å². The normalized spacial score (nSPS) is 9.00. The molecule has 6 nitrogen and oxygen atoms in total. The SMILES string of the molecule is C=CC(=O)OCCOC(=O)NCCOC=C(C)C. The standard InChI is InChI=1S/C12H19NO5/c1-4-11(14)17-7-8-18-12(15)13-5-6-16-9-10(2)3/h4,9H,1,5-8H2,2-3H3,(H,13,15). The van der Waals surface area contributed by atoms with Gasteiger partial charge in [-0.15, -0.1) is 0 Å². The summed E-state index contributed by atoms with van der Waals surface area (Å²) in [5.74, 6) is -0.547. The van der Waals surface area contributed by atoms with Gasteiger partial charge < -0.3 is 19.5 Å². The third-order valence-electron chi connectivity index (χ3n) is 1.54. The second-order valence-corrected chi connectivity index (χ2v) is 3.50. The van der Waals surface area contributed by atoms with Crippen molar-refractivity contribution in [3.63, 3.8) is 0 Å². The lowest BCUT2D eigenvalue weighted by molar-refractivity contribution is -0.138. The lowest BCUT2D eigenvalue weighted by Gasteiger charge is -2.07. The molecular formula is C12H19NO5. The van der Waals surface area contributed by atoms with Gasteiger partial charge in [0.1, 0.15) is 19.8 Å². The maximum Gasteiger partial charge on any atom is 0.407 e. The average Bonchev–Trinajstić information content (AvgIpc) is 2.33. The summed E-state index contributed by atoms with van der Waals surface area (Å²) in [4.78, 5) is 21.7. The molecule has 0 aromatic rings. The molecule has 1 amide bonds. The molecule has 0 radical (unpaired) electrons. The molecule has 0 bridgehead atoms. The molecule has 0 unspecified atom stereocenters. The molecule has 102 valence electrons. The van der Waals surface area contributed by atoms with Crippen LogP contribution in [0.5, 0.6) is 0 Å². The summed E-state index contributed by atoms with van der Waals surface area (Å²) in [5, 5.41) is 2.48. The van der Waals surface area contributed by atoms with E-state index < -0.39 is 12.1 Å². The first-order valence-corrected chi connectivity index (χ1v) is 5.51. The summed E-state index contributed by atoms with van der Waals surface area (Å²) >= 11 is 0. The summed E-state index contributed by atoms with van der Waals surface area (Å²) < 4.78 is 14.5. The van der Waals surface area contributed by atoms with Crippen molar-refractivity contribution in [2.75, 3.05) is 26.4 Å². The topological polar surface area (TPSA) is 73.9 Å². The highest BCUT2D eigenvalue weighted by molar-refractivity contribution is 5.81. The van der Waals surface area contributed by atoms with Crippen molar-refractivity contribution in [2.24, 2.45) is 0 Å². The van der Waals surface area contributed by atoms with Crippen LogP contribution >= 0.6 is 0 Å². The molecule has 1 N–H and O–H groups in total. The van der Waals surface area contributed by atoms with Crippen molar-refractivity contribution in [1.82, 2.24) is 5.32 Å². The number of ether oxygens (including phenoxy) is 3. The largest absolute Gasteiger partial charge is 0.499 e. The second kappa shape index (κ2) is 10.2. The lowest BCUT2D eigenvalue weighted by Crippen LogP contribution is -2.28. The molecular weight excluding hydrogens is 238 g/mol. The highest BCUT2D eigenvalue weighted by Gasteiger charge is 2.01. The summed E-state index contributed by atoms with van der Waals surface area (Å²) in [7, 11) is 0. The van der Waals surface area contributed by atoms with Crippen LogP contribution in [0.2, 0.25) is 0 Å². The number of amides is 1. The quantitative estimate of drug-likeness (QED) is 0.308. The Hall–Kier alpha value is -1.98. The Morgan fingerprint density at radius 3 is 2.44 bits per heavy atom. The number of rotatable bonds is 8. The molecule has 0 rings (SSSR count). The highest BCUT2D eigenvalue weighted by Crippen LogP contribution is 1.88. The molecule has 0 aliphatic heterocycles. The van der Waals surface area contributed by atoms with E-state index in [9.17, 15) is 9.59 Å². The molecule has 0 aliphatic carbocycles. The highest BCUT2D eigenvalue weighted by atomic mass is 16.6. The van der Waals surface area contributed by atoms with Crippen molar-refractivity contribution in [3.05, 3.63) is 24.5 Å². The fourth-order valence-electron chi connectivity index (χ4n) is 0.824. The van der Waals surface area contributed by atoms with Gasteiger partial charge in [0, 0.05) is 6.08 Å². The monoisotopic (exact) mass is 257 g/mol. The van der Waals surface area contributed by atoms with Gasteiger partial charge in [0.15, 0.2) is 0 Å². The zero-order valence-electron chi connectivity index (χ0n) is 10.7. The third kappa shape index (κ3) is 10.5. The van der Waals surface area contributed by atoms with Crippen molar-refractivity contribution in [3.8, 4) is 0 Å². The molecule has 0 atom stereocenters. The predicted molar refractivity (Wildman–Crippen MR) is 65.9 cm³/mol. The number of carbonyl (C=O) groups excluding carboxylic acids is 2. The molecule has 0 spiro atoms. The van der Waals surface area contributed by atoms with E-state index in [1.807, 2.05) is 13.8 Å². The number of alkyl carbamates (subject to hydrolysis) is 1. The Morgan fingerprint density at radius 1 is 1.17 bits per heavy atom. The van der Waals surface area contributed by atoms with Gasteiger partial charge in [-0.1, -0.05) is 6.58 Å². The van der Waals surface area contributed by atoms with E-state index in [1.165, 1.54) is 0 Å². The second-order valence-electron chi connectivity index (χ2n) is 3.50. The van der Waals surface area contributed by atoms with Crippen LogP contribution in [0.15, 0.2) is 24.5 Å². The van der Waals surface area contributed by atoms with Crippen molar-refractivity contribution >= 4 is 12.1 Å². The summed E-state index contributed by atoms with van der Waals surface area (Å²) in [6.45, 7) is 7.77. The van der Waals surface area contributed by atoms with Crippen molar-refractivity contribution in [2.45, 2.75) is 13.8 Å². The van der Waals surface area contributed by atoms with Crippen LogP contribution in [0, 0.1) is 0 Å². The average molecular weight is 257 g/mol. The first kappa shape index (κ1) is 16.0. The molecule has 0 fully saturated rings. The van der Waals surface area contributed by atoms with Crippen LogP contribution in [0.3, 0.4) is 0 Å². The van der Waals surface area contributed by atoms with Crippen LogP contribution in [0.25, 0.3) is 0 Å². The minimum Gasteiger partial charge on any atom is -0.499 e. The molecule has 0 heterocycles. The number of hydrogen-bond acceptors (Lipinski definition) is 5. The maximum absolute atomic E-state index is 11.1. The zero-order chi connectivity index (χ0) is 13.8. The fraction of sp³-hybridized carbons (Fsp3) is 0.500. The van der Waals surface area contributed by atoms with E-state index in [4.69, 9.17) is 9.47 Å². The number of esters is 1. The van der Waals surface area contributed by atoms with Crippen LogP contribution in [0.4, 0.5) is 4.79 Å². The van der Waals surface area contributed by atoms with Crippen LogP contribution in [-0.4, -0.2) is 38.4 Å². The van der Waals surface area contributed by atoms with Gasteiger partial charge in [-0.25, -0.2) is 9.59 Å². The Bertz CT molecular complexity index is 308. The molecule has 0 aromatic carbocycles. The lowest BCUT2D eigenvalue weighted by atomic mass is 10.4. The minimum absolute atomic E-state index is 0.000239. The van der Waals surface area contributed by atoms with Gasteiger partial charge in [-0.05, 0) is 19.4 Å². The van der Waals surface area contributed by atoms with Gasteiger partial charge >= 0.3 is 12.1 Å². The minimum atomic E-state index is -0.578. The Morgan fingerprint density at radius 2 is 1.83 bits per heavy atom. The van der Waals surface area contributed by atoms with Crippen molar-refractivity contribution < 1.29 is 23.8 Å². The Kier molecular flexibility index (Phi) is 9.07. The van der Waals surface area contributed by atoms with E-state index in [1.54, 1.807) is 6.26 Å². The summed E-state index contributed by atoms with van der Waals surface area (Å²) in [6.07, 6.45) is 2.08. The van der Waals surface area contributed by atoms with Crippen LogP contribution in [0.1, 0.15) is 13.8 Å². The van der Waals surface area contributed by atoms with E-state index in [-0.39, 0.29) is 13.2 Å². The van der Waals surface area contributed by atoms with Crippen molar-refractivity contribution in [1.29, 1.82) is 0 Å². The van der Waals surface area contributed by atoms with E-state index in [2.05, 4.69) is 16.6 Å². The van der Waals surface area contributed by atoms with Gasteiger partial charge in [0.2, 0.25) is 0 Å².